The Morgan fingerprint density at radius 3 is 2.44 bits per heavy atom. The number of esters is 1. The number of ether oxygens (including phenoxy) is 2. The van der Waals surface area contributed by atoms with Gasteiger partial charge in [0, 0.05) is 12.1 Å². The zero-order valence-corrected chi connectivity index (χ0v) is 14.7. The molecule has 0 aliphatic rings. The van der Waals surface area contributed by atoms with E-state index in [4.69, 9.17) is 9.47 Å². The van der Waals surface area contributed by atoms with Gasteiger partial charge in [0.05, 0.1) is 15.4 Å². The van der Waals surface area contributed by atoms with E-state index in [1.807, 2.05) is 0 Å². The van der Waals surface area contributed by atoms with Crippen LogP contribution in [0, 0.1) is 10.1 Å². The van der Waals surface area contributed by atoms with Crippen LogP contribution in [0.2, 0.25) is 0 Å². The summed E-state index contributed by atoms with van der Waals surface area (Å²) in [4.78, 5) is 34.7. The van der Waals surface area contributed by atoms with Gasteiger partial charge in [-0.3, -0.25) is 14.9 Å². The molecule has 0 saturated heterocycles. The van der Waals surface area contributed by atoms with Gasteiger partial charge in [-0.2, -0.15) is 0 Å². The Morgan fingerprint density at radius 2 is 1.78 bits per heavy atom. The van der Waals surface area contributed by atoms with Crippen molar-refractivity contribution in [3.63, 3.8) is 0 Å². The van der Waals surface area contributed by atoms with Crippen LogP contribution in [0.4, 0.5) is 5.69 Å². The lowest BCUT2D eigenvalue weighted by Gasteiger charge is -2.08. The number of ketones is 1. The van der Waals surface area contributed by atoms with E-state index in [2.05, 4.69) is 0 Å². The van der Waals surface area contributed by atoms with E-state index in [1.165, 1.54) is 41.7 Å². The number of benzene rings is 2. The van der Waals surface area contributed by atoms with Crippen molar-refractivity contribution in [1.29, 1.82) is 0 Å². The number of nitrogens with zero attached hydrogens (tertiary/aromatic N) is 1. The highest BCUT2D eigenvalue weighted by atomic mass is 32.1. The second-order valence-electron chi connectivity index (χ2n) is 5.36. The molecule has 0 atom stereocenters. The predicted molar refractivity (Wildman–Crippen MR) is 98.5 cm³/mol. The van der Waals surface area contributed by atoms with E-state index >= 15 is 0 Å². The van der Waals surface area contributed by atoms with Crippen molar-refractivity contribution in [2.75, 3.05) is 6.61 Å². The van der Waals surface area contributed by atoms with Gasteiger partial charge in [-0.05, 0) is 41.8 Å². The third kappa shape index (κ3) is 4.77. The first-order chi connectivity index (χ1) is 13.0. The molecule has 1 aromatic heterocycles. The van der Waals surface area contributed by atoms with Gasteiger partial charge in [0.25, 0.3) is 5.69 Å². The van der Waals surface area contributed by atoms with Crippen molar-refractivity contribution in [2.45, 2.75) is 0 Å². The normalized spacial score (nSPS) is 10.2. The summed E-state index contributed by atoms with van der Waals surface area (Å²) in [5.74, 6) is -0.160. The molecule has 1 heterocycles. The second kappa shape index (κ2) is 8.24. The Bertz CT molecular complexity index is 966. The van der Waals surface area contributed by atoms with Gasteiger partial charge in [-0.1, -0.05) is 12.1 Å². The number of carbonyl (C=O) groups is 2. The maximum absolute atomic E-state index is 12.1. The maximum Gasteiger partial charge on any atom is 0.338 e. The van der Waals surface area contributed by atoms with Crippen LogP contribution in [0.15, 0.2) is 66.0 Å². The fraction of sp³-hybridized carbons (Fsp3) is 0.0526. The molecule has 0 bridgehead atoms. The van der Waals surface area contributed by atoms with Crippen LogP contribution in [-0.2, 0) is 4.74 Å². The van der Waals surface area contributed by atoms with Crippen LogP contribution in [0.25, 0.3) is 0 Å². The maximum atomic E-state index is 12.1. The van der Waals surface area contributed by atoms with Crippen LogP contribution in [-0.4, -0.2) is 23.3 Å². The van der Waals surface area contributed by atoms with Gasteiger partial charge in [-0.25, -0.2) is 4.79 Å². The monoisotopic (exact) mass is 383 g/mol. The summed E-state index contributed by atoms with van der Waals surface area (Å²) in [6.07, 6.45) is 0. The predicted octanol–water partition coefficient (Wildman–Crippen LogP) is 4.49. The number of nitro groups is 1. The fourth-order valence-electron chi connectivity index (χ4n) is 2.18. The minimum Gasteiger partial charge on any atom is -0.457 e. The average Bonchev–Trinajstić information content (AvgIpc) is 3.21. The van der Waals surface area contributed by atoms with Crippen molar-refractivity contribution in [2.24, 2.45) is 0 Å². The molecular weight excluding hydrogens is 370 g/mol. The first-order valence-corrected chi connectivity index (χ1v) is 8.67. The average molecular weight is 383 g/mol. The molecule has 8 heteroatoms. The SMILES string of the molecule is O=C(OCC(=O)c1cccs1)c1cccc(Oc2ccc([N+](=O)[O-])cc2)c1. The molecule has 136 valence electrons. The molecule has 0 saturated carbocycles. The van der Waals surface area contributed by atoms with Gasteiger partial charge < -0.3 is 9.47 Å². The molecule has 0 fully saturated rings. The third-order valence-corrected chi connectivity index (χ3v) is 4.39. The number of carbonyl (C=O) groups excluding carboxylic acids is 2. The summed E-state index contributed by atoms with van der Waals surface area (Å²) >= 11 is 1.28. The molecule has 0 aliphatic heterocycles. The number of thiophene rings is 1. The summed E-state index contributed by atoms with van der Waals surface area (Å²) in [5.41, 5.74) is 0.184. The van der Waals surface area contributed by atoms with Gasteiger partial charge in [0.15, 0.2) is 6.61 Å². The summed E-state index contributed by atoms with van der Waals surface area (Å²) in [5, 5.41) is 12.4. The van der Waals surface area contributed by atoms with Gasteiger partial charge in [0.1, 0.15) is 11.5 Å². The summed E-state index contributed by atoms with van der Waals surface area (Å²) < 4.78 is 10.6. The molecule has 27 heavy (non-hydrogen) atoms. The van der Waals surface area contributed by atoms with Crippen LogP contribution < -0.4 is 4.74 Å². The molecule has 0 spiro atoms. The molecule has 0 amide bonds. The molecule has 7 nitrogen and oxygen atoms in total. The molecule has 2 aromatic carbocycles. The lowest BCUT2D eigenvalue weighted by atomic mass is 10.2. The van der Waals surface area contributed by atoms with E-state index in [0.29, 0.717) is 16.4 Å². The largest absolute Gasteiger partial charge is 0.457 e. The number of Topliss-reactive ketones (excluding diaryl/α,β-unsaturated/α-hetero) is 1. The molecular formula is C19H13NO6S. The van der Waals surface area contributed by atoms with Crippen molar-refractivity contribution >= 4 is 28.8 Å². The Balaban J connectivity index is 1.63. The molecule has 0 aliphatic carbocycles. The van der Waals surface area contributed by atoms with Crippen LogP contribution in [0.5, 0.6) is 11.5 Å². The summed E-state index contributed by atoms with van der Waals surface area (Å²) in [7, 11) is 0. The first kappa shape index (κ1) is 18.3. The molecule has 0 radical (unpaired) electrons. The quantitative estimate of drug-likeness (QED) is 0.258. The number of rotatable bonds is 7. The highest BCUT2D eigenvalue weighted by molar-refractivity contribution is 7.12. The van der Waals surface area contributed by atoms with Crippen LogP contribution in [0.3, 0.4) is 0 Å². The van der Waals surface area contributed by atoms with E-state index < -0.39 is 10.9 Å². The summed E-state index contributed by atoms with van der Waals surface area (Å²) in [6, 6.07) is 15.2. The fourth-order valence-corrected chi connectivity index (χ4v) is 2.83. The Morgan fingerprint density at radius 1 is 1.00 bits per heavy atom. The van der Waals surface area contributed by atoms with E-state index in [9.17, 15) is 19.7 Å². The van der Waals surface area contributed by atoms with Crippen molar-refractivity contribution in [1.82, 2.24) is 0 Å². The Kier molecular flexibility index (Phi) is 5.58. The second-order valence-corrected chi connectivity index (χ2v) is 6.31. The smallest absolute Gasteiger partial charge is 0.338 e. The van der Waals surface area contributed by atoms with Gasteiger partial charge in [-0.15, -0.1) is 11.3 Å². The Labute approximate surface area is 157 Å². The number of nitro benzene ring substituents is 1. The molecule has 0 unspecified atom stereocenters. The van der Waals surface area contributed by atoms with Crippen molar-refractivity contribution in [3.8, 4) is 11.5 Å². The van der Waals surface area contributed by atoms with Crippen molar-refractivity contribution < 1.29 is 24.0 Å². The summed E-state index contributed by atoms with van der Waals surface area (Å²) in [6.45, 7) is -0.340. The topological polar surface area (TPSA) is 95.7 Å². The van der Waals surface area contributed by atoms with Gasteiger partial charge >= 0.3 is 5.97 Å². The van der Waals surface area contributed by atoms with Crippen molar-refractivity contribution in [3.05, 3.63) is 86.6 Å². The van der Waals surface area contributed by atoms with Crippen LogP contribution in [0.1, 0.15) is 20.0 Å². The standard InChI is InChI=1S/C19H13NO6S/c21-17(18-5-2-10-27-18)12-25-19(22)13-3-1-4-16(11-13)26-15-8-6-14(7-9-15)20(23)24/h1-11H,12H2. The highest BCUT2D eigenvalue weighted by Crippen LogP contribution is 2.24. The van der Waals surface area contributed by atoms with Gasteiger partial charge in [0.2, 0.25) is 5.78 Å². The minimum atomic E-state index is -0.644. The molecule has 0 N–H and O–H groups in total. The van der Waals surface area contributed by atoms with E-state index in [-0.39, 0.29) is 23.6 Å². The van der Waals surface area contributed by atoms with E-state index in [0.717, 1.165) is 0 Å². The first-order valence-electron chi connectivity index (χ1n) is 7.79. The number of hydrogen-bond donors (Lipinski definition) is 0. The highest BCUT2D eigenvalue weighted by Gasteiger charge is 2.13. The Hall–Kier alpha value is -3.52. The zero-order chi connectivity index (χ0) is 19.2. The minimum absolute atomic E-state index is 0.0462. The number of hydrogen-bond acceptors (Lipinski definition) is 7. The number of non-ortho nitro benzene ring substituents is 1. The molecule has 3 rings (SSSR count). The zero-order valence-electron chi connectivity index (χ0n) is 13.9. The lowest BCUT2D eigenvalue weighted by molar-refractivity contribution is -0.384. The lowest BCUT2D eigenvalue weighted by Crippen LogP contribution is -2.13. The van der Waals surface area contributed by atoms with Crippen LogP contribution >= 0.6 is 11.3 Å². The van der Waals surface area contributed by atoms with E-state index in [1.54, 1.807) is 35.7 Å². The third-order valence-electron chi connectivity index (χ3n) is 3.48. The molecule has 3 aromatic rings.